The first-order valence-electron chi connectivity index (χ1n) is 7.80. The van der Waals surface area contributed by atoms with E-state index in [4.69, 9.17) is 13.7 Å². The minimum atomic E-state index is 0.0553. The van der Waals surface area contributed by atoms with Crippen LogP contribution in [0.3, 0.4) is 0 Å². The molecule has 0 spiro atoms. The maximum Gasteiger partial charge on any atom is 0.244 e. The van der Waals surface area contributed by atoms with Gasteiger partial charge >= 0.3 is 0 Å². The van der Waals surface area contributed by atoms with Gasteiger partial charge in [-0.25, -0.2) is 0 Å². The lowest BCUT2D eigenvalue weighted by molar-refractivity contribution is 0.0485. The summed E-state index contributed by atoms with van der Waals surface area (Å²) in [5.41, 5.74) is 1.17. The Balaban J connectivity index is 1.74. The van der Waals surface area contributed by atoms with E-state index in [9.17, 15) is 0 Å². The van der Waals surface area contributed by atoms with Crippen LogP contribution in [0.25, 0.3) is 0 Å². The smallest absolute Gasteiger partial charge is 0.244 e. The standard InChI is InChI=1S/C16H23N3O3/c1-10-8-14(11(2)21-10)9-17-15(13-4-6-20-7-5-13)16-18-12(3)19-22-16/h8,13,15,17H,4-7,9H2,1-3H3. The van der Waals surface area contributed by atoms with E-state index in [-0.39, 0.29) is 6.04 Å². The van der Waals surface area contributed by atoms with Gasteiger partial charge in [0.05, 0.1) is 6.04 Å². The fourth-order valence-corrected chi connectivity index (χ4v) is 3.02. The van der Waals surface area contributed by atoms with E-state index < -0.39 is 0 Å². The van der Waals surface area contributed by atoms with Crippen molar-refractivity contribution in [2.24, 2.45) is 5.92 Å². The van der Waals surface area contributed by atoms with Gasteiger partial charge in [0.2, 0.25) is 5.89 Å². The SMILES string of the molecule is Cc1noc(C(NCc2cc(C)oc2C)C2CCOCC2)n1. The fraction of sp³-hybridized carbons (Fsp3) is 0.625. The molecule has 0 aromatic carbocycles. The molecule has 1 aliphatic rings. The summed E-state index contributed by atoms with van der Waals surface area (Å²) in [6, 6.07) is 2.13. The molecular formula is C16H23N3O3. The topological polar surface area (TPSA) is 73.3 Å². The summed E-state index contributed by atoms with van der Waals surface area (Å²) in [5.74, 6) is 3.68. The molecule has 0 aliphatic carbocycles. The van der Waals surface area contributed by atoms with E-state index in [2.05, 4.69) is 21.5 Å². The highest BCUT2D eigenvalue weighted by Gasteiger charge is 2.29. The second kappa shape index (κ2) is 6.62. The van der Waals surface area contributed by atoms with E-state index in [0.717, 1.165) is 44.1 Å². The van der Waals surface area contributed by atoms with Crippen LogP contribution in [0.5, 0.6) is 0 Å². The predicted octanol–water partition coefficient (Wildman–Crippen LogP) is 2.85. The number of rotatable bonds is 5. The molecule has 22 heavy (non-hydrogen) atoms. The second-order valence-electron chi connectivity index (χ2n) is 5.93. The number of hydrogen-bond donors (Lipinski definition) is 1. The Bertz CT molecular complexity index is 614. The molecule has 1 N–H and O–H groups in total. The number of hydrogen-bond acceptors (Lipinski definition) is 6. The average Bonchev–Trinajstić information content (AvgIpc) is 3.06. The third-order valence-corrected chi connectivity index (χ3v) is 4.20. The van der Waals surface area contributed by atoms with Gasteiger partial charge in [-0.1, -0.05) is 5.16 Å². The van der Waals surface area contributed by atoms with Crippen LogP contribution in [0.4, 0.5) is 0 Å². The molecule has 1 unspecified atom stereocenters. The van der Waals surface area contributed by atoms with Gasteiger partial charge in [-0.3, -0.25) is 0 Å². The van der Waals surface area contributed by atoms with Crippen molar-refractivity contribution in [1.29, 1.82) is 0 Å². The summed E-state index contributed by atoms with van der Waals surface area (Å²) in [6.07, 6.45) is 2.00. The van der Waals surface area contributed by atoms with Crippen LogP contribution < -0.4 is 5.32 Å². The number of ether oxygens (including phenoxy) is 1. The molecule has 0 saturated carbocycles. The van der Waals surface area contributed by atoms with Crippen molar-refractivity contribution >= 4 is 0 Å². The molecule has 1 aliphatic heterocycles. The first kappa shape index (κ1) is 15.2. The van der Waals surface area contributed by atoms with Crippen molar-refractivity contribution in [3.8, 4) is 0 Å². The van der Waals surface area contributed by atoms with Gasteiger partial charge in [0.15, 0.2) is 5.82 Å². The molecule has 1 atom stereocenters. The Hall–Kier alpha value is -1.66. The van der Waals surface area contributed by atoms with Gasteiger partial charge in [-0.2, -0.15) is 4.98 Å². The Labute approximate surface area is 130 Å². The molecule has 6 heteroatoms. The second-order valence-corrected chi connectivity index (χ2v) is 5.93. The lowest BCUT2D eigenvalue weighted by Crippen LogP contribution is -2.32. The molecule has 1 fully saturated rings. The summed E-state index contributed by atoms with van der Waals surface area (Å²) in [6.45, 7) is 8.11. The number of nitrogens with one attached hydrogen (secondary N) is 1. The van der Waals surface area contributed by atoms with Crippen LogP contribution in [0, 0.1) is 26.7 Å². The maximum atomic E-state index is 5.59. The number of furan rings is 1. The third-order valence-electron chi connectivity index (χ3n) is 4.20. The minimum absolute atomic E-state index is 0.0553. The van der Waals surface area contributed by atoms with Gasteiger partial charge in [0, 0.05) is 25.3 Å². The van der Waals surface area contributed by atoms with Crippen molar-refractivity contribution < 1.29 is 13.7 Å². The highest BCUT2D eigenvalue weighted by Crippen LogP contribution is 2.30. The fourth-order valence-electron chi connectivity index (χ4n) is 3.02. The van der Waals surface area contributed by atoms with E-state index >= 15 is 0 Å². The summed E-state index contributed by atoms with van der Waals surface area (Å²) >= 11 is 0. The van der Waals surface area contributed by atoms with E-state index in [0.29, 0.717) is 17.6 Å². The average molecular weight is 305 g/mol. The van der Waals surface area contributed by atoms with Crippen molar-refractivity contribution in [1.82, 2.24) is 15.5 Å². The van der Waals surface area contributed by atoms with Crippen LogP contribution in [0.1, 0.15) is 47.7 Å². The van der Waals surface area contributed by atoms with Crippen LogP contribution in [0.2, 0.25) is 0 Å². The summed E-state index contributed by atoms with van der Waals surface area (Å²) in [4.78, 5) is 4.42. The minimum Gasteiger partial charge on any atom is -0.466 e. The Kier molecular flexibility index (Phi) is 4.59. The summed E-state index contributed by atoms with van der Waals surface area (Å²) in [7, 11) is 0. The Morgan fingerprint density at radius 2 is 2.05 bits per heavy atom. The lowest BCUT2D eigenvalue weighted by Gasteiger charge is -2.28. The summed E-state index contributed by atoms with van der Waals surface area (Å²) in [5, 5.41) is 7.51. The molecule has 120 valence electrons. The largest absolute Gasteiger partial charge is 0.466 e. The molecule has 3 heterocycles. The van der Waals surface area contributed by atoms with Crippen LogP contribution in [0.15, 0.2) is 15.0 Å². The van der Waals surface area contributed by atoms with Crippen LogP contribution >= 0.6 is 0 Å². The number of aryl methyl sites for hydroxylation is 3. The molecule has 0 amide bonds. The monoisotopic (exact) mass is 305 g/mol. The molecule has 0 radical (unpaired) electrons. The van der Waals surface area contributed by atoms with Crippen molar-refractivity contribution in [2.75, 3.05) is 13.2 Å². The lowest BCUT2D eigenvalue weighted by atomic mass is 9.91. The van der Waals surface area contributed by atoms with Gasteiger partial charge < -0.3 is 19.0 Å². The molecule has 2 aromatic rings. The van der Waals surface area contributed by atoms with Crippen molar-refractivity contribution in [3.63, 3.8) is 0 Å². The third kappa shape index (κ3) is 3.39. The highest BCUT2D eigenvalue weighted by atomic mass is 16.5. The van der Waals surface area contributed by atoms with E-state index in [1.165, 1.54) is 5.56 Å². The first-order chi connectivity index (χ1) is 10.6. The highest BCUT2D eigenvalue weighted by molar-refractivity contribution is 5.20. The zero-order chi connectivity index (χ0) is 15.5. The molecule has 3 rings (SSSR count). The van der Waals surface area contributed by atoms with Gasteiger partial charge in [-0.15, -0.1) is 0 Å². The Morgan fingerprint density at radius 3 is 2.64 bits per heavy atom. The number of nitrogens with zero attached hydrogens (tertiary/aromatic N) is 2. The van der Waals surface area contributed by atoms with Crippen LogP contribution in [-0.2, 0) is 11.3 Å². The quantitative estimate of drug-likeness (QED) is 0.915. The Morgan fingerprint density at radius 1 is 1.27 bits per heavy atom. The first-order valence-corrected chi connectivity index (χ1v) is 7.80. The summed E-state index contributed by atoms with van der Waals surface area (Å²) < 4.78 is 16.5. The van der Waals surface area contributed by atoms with Gasteiger partial charge in [0.1, 0.15) is 11.5 Å². The maximum absolute atomic E-state index is 5.59. The zero-order valence-corrected chi connectivity index (χ0v) is 13.4. The van der Waals surface area contributed by atoms with E-state index in [1.807, 2.05) is 20.8 Å². The number of aromatic nitrogens is 2. The van der Waals surface area contributed by atoms with Crippen LogP contribution in [-0.4, -0.2) is 23.4 Å². The molecule has 1 saturated heterocycles. The van der Waals surface area contributed by atoms with Gasteiger partial charge in [0.25, 0.3) is 0 Å². The normalized spacial score (nSPS) is 17.8. The zero-order valence-electron chi connectivity index (χ0n) is 13.4. The van der Waals surface area contributed by atoms with Crippen molar-refractivity contribution in [3.05, 3.63) is 34.9 Å². The molecule has 0 bridgehead atoms. The molecule has 2 aromatic heterocycles. The molecular weight excluding hydrogens is 282 g/mol. The predicted molar refractivity (Wildman–Crippen MR) is 80.3 cm³/mol. The molecule has 6 nitrogen and oxygen atoms in total. The van der Waals surface area contributed by atoms with Crippen molar-refractivity contribution in [2.45, 2.75) is 46.2 Å². The van der Waals surface area contributed by atoms with E-state index in [1.54, 1.807) is 0 Å². The van der Waals surface area contributed by atoms with Gasteiger partial charge in [-0.05, 0) is 45.6 Å².